The molecule has 0 aromatic carbocycles. The maximum absolute atomic E-state index is 11.6. The average molecular weight is 261 g/mol. The second-order valence-electron chi connectivity index (χ2n) is 6.06. The van der Waals surface area contributed by atoms with Gasteiger partial charge in [0.25, 0.3) is 0 Å². The minimum absolute atomic E-state index is 0.0346. The summed E-state index contributed by atoms with van der Waals surface area (Å²) >= 11 is 1.12. The minimum atomic E-state index is -0.892. The number of carbonyl (C=O) groups excluding carboxylic acids is 1. The van der Waals surface area contributed by atoms with Crippen molar-refractivity contribution < 1.29 is 14.7 Å². The second kappa shape index (κ2) is 6.28. The summed E-state index contributed by atoms with van der Waals surface area (Å²) in [7, 11) is 0. The molecule has 0 aromatic heterocycles. The van der Waals surface area contributed by atoms with Crippen molar-refractivity contribution in [1.82, 2.24) is 5.32 Å². The van der Waals surface area contributed by atoms with Crippen molar-refractivity contribution in [3.05, 3.63) is 0 Å². The van der Waals surface area contributed by atoms with Crippen molar-refractivity contribution in [1.29, 1.82) is 0 Å². The fraction of sp³-hybridized carbons (Fsp3) is 0.833. The van der Waals surface area contributed by atoms with E-state index in [-0.39, 0.29) is 28.4 Å². The summed E-state index contributed by atoms with van der Waals surface area (Å²) in [6, 6.07) is 0. The molecule has 5 heteroatoms. The third kappa shape index (κ3) is 10.2. The lowest BCUT2D eigenvalue weighted by molar-refractivity contribution is -0.133. The molecule has 0 aliphatic rings. The summed E-state index contributed by atoms with van der Waals surface area (Å²) in [5.74, 6) is -0.838. The van der Waals surface area contributed by atoms with Gasteiger partial charge in [0, 0.05) is 5.54 Å². The first kappa shape index (κ1) is 16.3. The number of carboxylic acids is 1. The van der Waals surface area contributed by atoms with E-state index in [0.29, 0.717) is 0 Å². The lowest BCUT2D eigenvalue weighted by Crippen LogP contribution is -2.46. The van der Waals surface area contributed by atoms with Crippen LogP contribution in [0, 0.1) is 5.41 Å². The number of nitrogens with one attached hydrogen (secondary N) is 1. The average Bonchev–Trinajstić information content (AvgIpc) is 1.95. The molecule has 0 rings (SSSR count). The molecule has 0 aromatic rings. The van der Waals surface area contributed by atoms with Crippen LogP contribution in [0.1, 0.15) is 41.0 Å². The van der Waals surface area contributed by atoms with Crippen LogP contribution in [0.4, 0.5) is 0 Å². The monoisotopic (exact) mass is 261 g/mol. The summed E-state index contributed by atoms with van der Waals surface area (Å²) < 4.78 is 0. The summed E-state index contributed by atoms with van der Waals surface area (Å²) in [6.07, 6.45) is 0.870. The van der Waals surface area contributed by atoms with E-state index in [4.69, 9.17) is 5.11 Å². The predicted molar refractivity (Wildman–Crippen MR) is 71.3 cm³/mol. The van der Waals surface area contributed by atoms with E-state index in [0.717, 1.165) is 18.2 Å². The first-order valence-corrected chi connectivity index (χ1v) is 6.78. The number of carbonyl (C=O) groups is 2. The third-order valence-electron chi connectivity index (χ3n) is 1.91. The summed E-state index contributed by atoms with van der Waals surface area (Å²) in [4.78, 5) is 21.9. The van der Waals surface area contributed by atoms with E-state index >= 15 is 0 Å². The minimum Gasteiger partial charge on any atom is -0.481 e. The van der Waals surface area contributed by atoms with Crippen LogP contribution in [0.3, 0.4) is 0 Å². The molecule has 0 aliphatic heterocycles. The van der Waals surface area contributed by atoms with Crippen LogP contribution in [0.2, 0.25) is 0 Å². The van der Waals surface area contributed by atoms with Crippen molar-refractivity contribution in [3.8, 4) is 0 Å². The first-order valence-electron chi connectivity index (χ1n) is 5.62. The Hall–Kier alpha value is -0.710. The van der Waals surface area contributed by atoms with E-state index in [9.17, 15) is 9.59 Å². The molecule has 0 spiro atoms. The standard InChI is InChI=1S/C12H23NO3S/c1-11(2,3)8-12(4,5)13-9(14)6-17-7-10(15)16/h6-8H2,1-5H3,(H,13,14)(H,15,16). The third-order valence-corrected chi connectivity index (χ3v) is 2.83. The Kier molecular flexibility index (Phi) is 6.02. The Morgan fingerprint density at radius 3 is 2.06 bits per heavy atom. The smallest absolute Gasteiger partial charge is 0.313 e. The maximum atomic E-state index is 11.6. The maximum Gasteiger partial charge on any atom is 0.313 e. The van der Waals surface area contributed by atoms with Crippen molar-refractivity contribution in [2.24, 2.45) is 5.41 Å². The number of thioether (sulfide) groups is 1. The molecule has 0 heterocycles. The summed E-state index contributed by atoms with van der Waals surface area (Å²) in [6.45, 7) is 10.3. The van der Waals surface area contributed by atoms with E-state index in [1.807, 2.05) is 13.8 Å². The number of hydrogen-bond donors (Lipinski definition) is 2. The van der Waals surface area contributed by atoms with Crippen LogP contribution in [-0.2, 0) is 9.59 Å². The molecular formula is C12H23NO3S. The molecular weight excluding hydrogens is 238 g/mol. The molecule has 17 heavy (non-hydrogen) atoms. The second-order valence-corrected chi connectivity index (χ2v) is 7.04. The van der Waals surface area contributed by atoms with Gasteiger partial charge in [0.05, 0.1) is 11.5 Å². The van der Waals surface area contributed by atoms with Gasteiger partial charge in [0.15, 0.2) is 0 Å². The first-order chi connectivity index (χ1) is 7.52. The van der Waals surface area contributed by atoms with Gasteiger partial charge in [-0.05, 0) is 25.7 Å². The SMILES string of the molecule is CC(C)(C)CC(C)(C)NC(=O)CSCC(=O)O. The lowest BCUT2D eigenvalue weighted by atomic mass is 9.82. The fourth-order valence-corrected chi connectivity index (χ4v) is 2.55. The Morgan fingerprint density at radius 1 is 1.12 bits per heavy atom. The molecule has 4 nitrogen and oxygen atoms in total. The van der Waals surface area contributed by atoms with Gasteiger partial charge in [-0.2, -0.15) is 0 Å². The largest absolute Gasteiger partial charge is 0.481 e. The number of rotatable bonds is 6. The van der Waals surface area contributed by atoms with Gasteiger partial charge in [-0.15, -0.1) is 11.8 Å². The fourth-order valence-electron chi connectivity index (χ4n) is 2.01. The molecule has 100 valence electrons. The number of carboxylic acid groups (broad SMARTS) is 1. The number of hydrogen-bond acceptors (Lipinski definition) is 3. The molecule has 0 bridgehead atoms. The van der Waals surface area contributed by atoms with Crippen LogP contribution in [0.5, 0.6) is 0 Å². The van der Waals surface area contributed by atoms with Crippen molar-refractivity contribution in [2.75, 3.05) is 11.5 Å². The Balaban J connectivity index is 4.05. The molecule has 0 aliphatic carbocycles. The number of amides is 1. The summed E-state index contributed by atoms with van der Waals surface area (Å²) in [5, 5.41) is 11.4. The van der Waals surface area contributed by atoms with E-state index in [2.05, 4.69) is 26.1 Å². The predicted octanol–water partition coefficient (Wildman–Crippen LogP) is 2.14. The quantitative estimate of drug-likeness (QED) is 0.768. The van der Waals surface area contributed by atoms with Crippen LogP contribution in [0.25, 0.3) is 0 Å². The molecule has 0 atom stereocenters. The van der Waals surface area contributed by atoms with Crippen LogP contribution < -0.4 is 5.32 Å². The van der Waals surface area contributed by atoms with Crippen LogP contribution in [0.15, 0.2) is 0 Å². The van der Waals surface area contributed by atoms with Gasteiger partial charge >= 0.3 is 5.97 Å². The van der Waals surface area contributed by atoms with Crippen LogP contribution in [-0.4, -0.2) is 34.0 Å². The highest BCUT2D eigenvalue weighted by molar-refractivity contribution is 8.00. The molecule has 1 amide bonds. The highest BCUT2D eigenvalue weighted by Crippen LogP contribution is 2.26. The van der Waals surface area contributed by atoms with Gasteiger partial charge in [0.2, 0.25) is 5.91 Å². The van der Waals surface area contributed by atoms with E-state index < -0.39 is 5.97 Å². The van der Waals surface area contributed by atoms with E-state index in [1.54, 1.807) is 0 Å². The van der Waals surface area contributed by atoms with Gasteiger partial charge in [-0.3, -0.25) is 9.59 Å². The zero-order chi connectivity index (χ0) is 13.7. The Morgan fingerprint density at radius 2 is 1.65 bits per heavy atom. The lowest BCUT2D eigenvalue weighted by Gasteiger charge is -2.33. The zero-order valence-corrected chi connectivity index (χ0v) is 12.1. The van der Waals surface area contributed by atoms with Gasteiger partial charge < -0.3 is 10.4 Å². The van der Waals surface area contributed by atoms with Gasteiger partial charge in [-0.1, -0.05) is 20.8 Å². The topological polar surface area (TPSA) is 66.4 Å². The molecule has 0 radical (unpaired) electrons. The molecule has 2 N–H and O–H groups in total. The normalized spacial score (nSPS) is 12.3. The van der Waals surface area contributed by atoms with Gasteiger partial charge in [-0.25, -0.2) is 0 Å². The van der Waals surface area contributed by atoms with Crippen molar-refractivity contribution in [2.45, 2.75) is 46.6 Å². The van der Waals surface area contributed by atoms with Gasteiger partial charge in [0.1, 0.15) is 0 Å². The molecule has 0 unspecified atom stereocenters. The zero-order valence-electron chi connectivity index (χ0n) is 11.3. The van der Waals surface area contributed by atoms with E-state index in [1.165, 1.54) is 0 Å². The molecule has 0 saturated heterocycles. The number of aliphatic carboxylic acids is 1. The van der Waals surface area contributed by atoms with Crippen molar-refractivity contribution >= 4 is 23.6 Å². The highest BCUT2D eigenvalue weighted by atomic mass is 32.2. The Bertz CT molecular complexity index is 282. The highest BCUT2D eigenvalue weighted by Gasteiger charge is 2.26. The molecule has 0 fully saturated rings. The van der Waals surface area contributed by atoms with Crippen LogP contribution >= 0.6 is 11.8 Å². The molecule has 0 saturated carbocycles. The Labute approximate surface area is 108 Å². The van der Waals surface area contributed by atoms with Crippen molar-refractivity contribution in [3.63, 3.8) is 0 Å². The summed E-state index contributed by atoms with van der Waals surface area (Å²) in [5.41, 5.74) is -0.121.